The standard InChI is InChI=1S/C15H16N2O4S2/c1-9(21-12(18)3-2-10-4-6-22-8-10)14(20)17-15-11(13(16)19)5-7-23-15/h4-9H,2-3H2,1H3,(H2,16,19)(H,17,20). The number of nitrogens with two attached hydrogens (primary N) is 1. The predicted molar refractivity (Wildman–Crippen MR) is 89.7 cm³/mol. The van der Waals surface area contributed by atoms with Crippen molar-refractivity contribution in [1.29, 1.82) is 0 Å². The lowest BCUT2D eigenvalue weighted by Crippen LogP contribution is -2.30. The van der Waals surface area contributed by atoms with E-state index in [0.717, 1.165) is 5.56 Å². The second kappa shape index (κ2) is 7.89. The minimum atomic E-state index is -0.951. The van der Waals surface area contributed by atoms with Crippen LogP contribution in [0.4, 0.5) is 5.00 Å². The third-order valence-corrected chi connectivity index (χ3v) is 4.60. The minimum absolute atomic E-state index is 0.208. The average Bonchev–Trinajstić information content (AvgIpc) is 3.16. The molecule has 0 saturated carbocycles. The van der Waals surface area contributed by atoms with Gasteiger partial charge in [0.25, 0.3) is 11.8 Å². The Labute approximate surface area is 141 Å². The van der Waals surface area contributed by atoms with Gasteiger partial charge in [0, 0.05) is 6.42 Å². The Morgan fingerprint density at radius 3 is 2.74 bits per heavy atom. The van der Waals surface area contributed by atoms with Crippen molar-refractivity contribution in [3.63, 3.8) is 0 Å². The van der Waals surface area contributed by atoms with E-state index < -0.39 is 23.9 Å². The molecule has 0 aliphatic rings. The molecular weight excluding hydrogens is 336 g/mol. The highest BCUT2D eigenvalue weighted by atomic mass is 32.1. The number of primary amides is 1. The molecule has 0 bridgehead atoms. The summed E-state index contributed by atoms with van der Waals surface area (Å²) in [5.41, 5.74) is 6.51. The molecule has 2 amide bonds. The van der Waals surface area contributed by atoms with Crippen LogP contribution in [-0.2, 0) is 20.7 Å². The highest BCUT2D eigenvalue weighted by molar-refractivity contribution is 7.14. The fraction of sp³-hybridized carbons (Fsp3) is 0.267. The number of carbonyl (C=O) groups excluding carboxylic acids is 3. The molecule has 8 heteroatoms. The first-order valence-corrected chi connectivity index (χ1v) is 8.68. The van der Waals surface area contributed by atoms with Gasteiger partial charge in [-0.3, -0.25) is 14.4 Å². The molecule has 0 radical (unpaired) electrons. The first-order chi connectivity index (χ1) is 11.0. The molecule has 3 N–H and O–H groups in total. The van der Waals surface area contributed by atoms with Crippen molar-refractivity contribution < 1.29 is 19.1 Å². The molecule has 0 aliphatic heterocycles. The summed E-state index contributed by atoms with van der Waals surface area (Å²) in [6, 6.07) is 3.47. The van der Waals surface area contributed by atoms with Gasteiger partial charge in [-0.05, 0) is 47.2 Å². The van der Waals surface area contributed by atoms with Crippen LogP contribution in [0.5, 0.6) is 0 Å². The smallest absolute Gasteiger partial charge is 0.306 e. The normalized spacial score (nSPS) is 11.7. The maximum Gasteiger partial charge on any atom is 0.306 e. The Bertz CT molecular complexity index is 694. The lowest BCUT2D eigenvalue weighted by atomic mass is 10.2. The number of ether oxygens (including phenoxy) is 1. The summed E-state index contributed by atoms with van der Waals surface area (Å²) in [7, 11) is 0. The van der Waals surface area contributed by atoms with Crippen LogP contribution >= 0.6 is 22.7 Å². The van der Waals surface area contributed by atoms with E-state index in [1.807, 2.05) is 16.8 Å². The lowest BCUT2D eigenvalue weighted by molar-refractivity contribution is -0.153. The zero-order chi connectivity index (χ0) is 16.8. The van der Waals surface area contributed by atoms with Gasteiger partial charge in [0.05, 0.1) is 5.56 Å². The fourth-order valence-corrected chi connectivity index (χ4v) is 3.30. The minimum Gasteiger partial charge on any atom is -0.453 e. The van der Waals surface area contributed by atoms with E-state index in [1.54, 1.807) is 16.7 Å². The van der Waals surface area contributed by atoms with Gasteiger partial charge in [-0.1, -0.05) is 0 Å². The van der Waals surface area contributed by atoms with E-state index in [-0.39, 0.29) is 12.0 Å². The molecule has 1 unspecified atom stereocenters. The number of aryl methyl sites for hydroxylation is 1. The van der Waals surface area contributed by atoms with Gasteiger partial charge in [-0.25, -0.2) is 0 Å². The summed E-state index contributed by atoms with van der Waals surface area (Å²) in [5, 5.41) is 8.45. The SMILES string of the molecule is CC(OC(=O)CCc1ccsc1)C(=O)Nc1sccc1C(N)=O. The van der Waals surface area contributed by atoms with Crippen molar-refractivity contribution in [2.24, 2.45) is 5.73 Å². The Morgan fingerprint density at radius 1 is 1.30 bits per heavy atom. The summed E-state index contributed by atoms with van der Waals surface area (Å²) >= 11 is 2.74. The van der Waals surface area contributed by atoms with Crippen molar-refractivity contribution in [2.45, 2.75) is 25.9 Å². The second-order valence-electron chi connectivity index (χ2n) is 4.78. The molecule has 6 nitrogen and oxygen atoms in total. The van der Waals surface area contributed by atoms with Gasteiger partial charge < -0.3 is 15.8 Å². The molecule has 2 aromatic heterocycles. The van der Waals surface area contributed by atoms with Crippen LogP contribution in [0.1, 0.15) is 29.3 Å². The predicted octanol–water partition coefficient (Wildman–Crippen LogP) is 2.41. The number of rotatable bonds is 7. The number of carbonyl (C=O) groups is 3. The van der Waals surface area contributed by atoms with Crippen LogP contribution in [0.15, 0.2) is 28.3 Å². The molecule has 1 atom stereocenters. The van der Waals surface area contributed by atoms with Crippen molar-refractivity contribution in [2.75, 3.05) is 5.32 Å². The van der Waals surface area contributed by atoms with E-state index in [9.17, 15) is 14.4 Å². The van der Waals surface area contributed by atoms with Gasteiger partial charge in [0.15, 0.2) is 6.10 Å². The van der Waals surface area contributed by atoms with Crippen molar-refractivity contribution >= 4 is 45.5 Å². The Balaban J connectivity index is 1.83. The van der Waals surface area contributed by atoms with E-state index in [4.69, 9.17) is 10.5 Å². The number of amides is 2. The second-order valence-corrected chi connectivity index (χ2v) is 6.48. The number of hydrogen-bond donors (Lipinski definition) is 2. The molecule has 0 saturated heterocycles. The molecule has 0 aliphatic carbocycles. The number of nitrogens with one attached hydrogen (secondary N) is 1. The summed E-state index contributed by atoms with van der Waals surface area (Å²) < 4.78 is 5.10. The monoisotopic (exact) mass is 352 g/mol. The van der Waals surface area contributed by atoms with Crippen molar-refractivity contribution in [3.8, 4) is 0 Å². The summed E-state index contributed by atoms with van der Waals surface area (Å²) in [6.07, 6.45) is -0.166. The Morgan fingerprint density at radius 2 is 2.09 bits per heavy atom. The molecule has 2 heterocycles. The van der Waals surface area contributed by atoms with Gasteiger partial charge in [-0.15, -0.1) is 11.3 Å². The molecule has 0 fully saturated rings. The van der Waals surface area contributed by atoms with Crippen LogP contribution < -0.4 is 11.1 Å². The van der Waals surface area contributed by atoms with Crippen molar-refractivity contribution in [1.82, 2.24) is 0 Å². The quantitative estimate of drug-likeness (QED) is 0.748. The van der Waals surface area contributed by atoms with Gasteiger partial charge in [0.1, 0.15) is 5.00 Å². The molecule has 0 aromatic carbocycles. The number of esters is 1. The molecule has 2 rings (SSSR count). The zero-order valence-electron chi connectivity index (χ0n) is 12.4. The highest BCUT2D eigenvalue weighted by Crippen LogP contribution is 2.23. The fourth-order valence-electron chi connectivity index (χ4n) is 1.80. The first-order valence-electron chi connectivity index (χ1n) is 6.86. The molecule has 0 spiro atoms. The largest absolute Gasteiger partial charge is 0.453 e. The summed E-state index contributed by atoms with van der Waals surface area (Å²) in [5.74, 6) is -1.57. The average molecular weight is 352 g/mol. The third-order valence-electron chi connectivity index (χ3n) is 3.04. The molecule has 122 valence electrons. The maximum absolute atomic E-state index is 12.0. The molecule has 2 aromatic rings. The number of anilines is 1. The third kappa shape index (κ3) is 4.90. The Kier molecular flexibility index (Phi) is 5.89. The van der Waals surface area contributed by atoms with Gasteiger partial charge in [-0.2, -0.15) is 11.3 Å². The number of thiophene rings is 2. The van der Waals surface area contributed by atoms with Crippen LogP contribution in [0.2, 0.25) is 0 Å². The van der Waals surface area contributed by atoms with Crippen LogP contribution in [0.25, 0.3) is 0 Å². The van der Waals surface area contributed by atoms with E-state index in [2.05, 4.69) is 5.32 Å². The molecule has 23 heavy (non-hydrogen) atoms. The lowest BCUT2D eigenvalue weighted by Gasteiger charge is -2.13. The highest BCUT2D eigenvalue weighted by Gasteiger charge is 2.20. The maximum atomic E-state index is 12.0. The van der Waals surface area contributed by atoms with E-state index in [1.165, 1.54) is 24.3 Å². The van der Waals surface area contributed by atoms with Crippen LogP contribution in [-0.4, -0.2) is 23.9 Å². The molecular formula is C15H16N2O4S2. The number of hydrogen-bond acceptors (Lipinski definition) is 6. The van der Waals surface area contributed by atoms with Crippen LogP contribution in [0, 0.1) is 0 Å². The van der Waals surface area contributed by atoms with Gasteiger partial charge >= 0.3 is 5.97 Å². The van der Waals surface area contributed by atoms with E-state index >= 15 is 0 Å². The summed E-state index contributed by atoms with van der Waals surface area (Å²) in [6.45, 7) is 1.48. The van der Waals surface area contributed by atoms with E-state index in [0.29, 0.717) is 11.4 Å². The van der Waals surface area contributed by atoms with Crippen molar-refractivity contribution in [3.05, 3.63) is 39.4 Å². The van der Waals surface area contributed by atoms with Gasteiger partial charge in [0.2, 0.25) is 0 Å². The zero-order valence-corrected chi connectivity index (χ0v) is 14.0. The first kappa shape index (κ1) is 17.2. The topological polar surface area (TPSA) is 98.5 Å². The Hall–Kier alpha value is -2.19. The summed E-state index contributed by atoms with van der Waals surface area (Å²) in [4.78, 5) is 35.0. The van der Waals surface area contributed by atoms with Crippen LogP contribution in [0.3, 0.4) is 0 Å².